The van der Waals surface area contributed by atoms with Crippen molar-refractivity contribution in [1.29, 1.82) is 0 Å². The molecule has 0 N–H and O–H groups in total. The molecule has 0 heterocycles. The number of ether oxygens (including phenoxy) is 2. The molecular formula is C14H18O3S. The molecule has 0 aliphatic heterocycles. The highest BCUT2D eigenvalue weighted by Crippen LogP contribution is 2.48. The summed E-state index contributed by atoms with van der Waals surface area (Å²) in [7, 11) is 1.65. The second-order valence-corrected chi connectivity index (χ2v) is 5.81. The molecule has 1 aliphatic carbocycles. The van der Waals surface area contributed by atoms with Crippen LogP contribution in [-0.4, -0.2) is 24.4 Å². The van der Waals surface area contributed by atoms with Gasteiger partial charge in [0.2, 0.25) is 0 Å². The lowest BCUT2D eigenvalue weighted by Crippen LogP contribution is -2.43. The number of carbonyl (C=O) groups is 1. The predicted octanol–water partition coefficient (Wildman–Crippen LogP) is 3.27. The van der Waals surface area contributed by atoms with E-state index in [4.69, 9.17) is 9.47 Å². The van der Waals surface area contributed by atoms with Gasteiger partial charge in [-0.2, -0.15) is 0 Å². The van der Waals surface area contributed by atoms with Crippen LogP contribution in [0.4, 0.5) is 0 Å². The van der Waals surface area contributed by atoms with Crippen molar-refractivity contribution in [3.05, 3.63) is 24.3 Å². The Kier molecular flexibility index (Phi) is 4.17. The van der Waals surface area contributed by atoms with E-state index in [0.717, 1.165) is 29.9 Å². The molecule has 0 saturated heterocycles. The zero-order valence-electron chi connectivity index (χ0n) is 10.8. The molecule has 0 atom stereocenters. The van der Waals surface area contributed by atoms with Crippen LogP contribution in [0.3, 0.4) is 0 Å². The largest absolute Gasteiger partial charge is 0.497 e. The molecule has 0 bridgehead atoms. The van der Waals surface area contributed by atoms with Gasteiger partial charge in [0.25, 0.3) is 0 Å². The van der Waals surface area contributed by atoms with Gasteiger partial charge in [-0.15, -0.1) is 11.8 Å². The Morgan fingerprint density at radius 1 is 1.44 bits per heavy atom. The smallest absolute Gasteiger partial charge is 0.322 e. The maximum atomic E-state index is 12.0. The number of hydrogen-bond donors (Lipinski definition) is 0. The zero-order valence-corrected chi connectivity index (χ0v) is 11.6. The molecule has 2 rings (SSSR count). The fraction of sp³-hybridized carbons (Fsp3) is 0.500. The van der Waals surface area contributed by atoms with Gasteiger partial charge in [0.1, 0.15) is 10.5 Å². The molecule has 1 aliphatic rings. The minimum absolute atomic E-state index is 0.0796. The second kappa shape index (κ2) is 5.65. The van der Waals surface area contributed by atoms with E-state index in [9.17, 15) is 4.79 Å². The lowest BCUT2D eigenvalue weighted by atomic mass is 9.84. The Morgan fingerprint density at radius 3 is 2.78 bits per heavy atom. The van der Waals surface area contributed by atoms with E-state index < -0.39 is 0 Å². The molecule has 1 saturated carbocycles. The SMILES string of the molecule is CCOC(=O)C1(Sc2cccc(OC)c2)CCC1. The van der Waals surface area contributed by atoms with Gasteiger partial charge >= 0.3 is 5.97 Å². The van der Waals surface area contributed by atoms with Crippen LogP contribution in [-0.2, 0) is 9.53 Å². The predicted molar refractivity (Wildman–Crippen MR) is 72.1 cm³/mol. The summed E-state index contributed by atoms with van der Waals surface area (Å²) >= 11 is 1.60. The Balaban J connectivity index is 2.12. The Hall–Kier alpha value is -1.16. The second-order valence-electron chi connectivity index (χ2n) is 4.35. The van der Waals surface area contributed by atoms with Crippen LogP contribution in [0.25, 0.3) is 0 Å². The monoisotopic (exact) mass is 266 g/mol. The minimum atomic E-state index is -0.373. The molecule has 0 radical (unpaired) electrons. The van der Waals surface area contributed by atoms with Crippen molar-refractivity contribution in [3.63, 3.8) is 0 Å². The standard InChI is InChI=1S/C14H18O3S/c1-3-17-13(15)14(8-5-9-14)18-12-7-4-6-11(10-12)16-2/h4,6-7,10H,3,5,8-9H2,1-2H3. The van der Waals surface area contributed by atoms with Crippen molar-refractivity contribution < 1.29 is 14.3 Å². The molecule has 1 fully saturated rings. The molecule has 4 heteroatoms. The Bertz CT molecular complexity index is 427. The van der Waals surface area contributed by atoms with E-state index in [2.05, 4.69) is 0 Å². The molecule has 18 heavy (non-hydrogen) atoms. The van der Waals surface area contributed by atoms with Gasteiger partial charge in [0.15, 0.2) is 0 Å². The van der Waals surface area contributed by atoms with Crippen molar-refractivity contribution in [3.8, 4) is 5.75 Å². The minimum Gasteiger partial charge on any atom is -0.497 e. The van der Waals surface area contributed by atoms with E-state index in [1.807, 2.05) is 31.2 Å². The van der Waals surface area contributed by atoms with Crippen molar-refractivity contribution in [2.75, 3.05) is 13.7 Å². The normalized spacial score (nSPS) is 16.8. The lowest BCUT2D eigenvalue weighted by Gasteiger charge is -2.38. The van der Waals surface area contributed by atoms with Gasteiger partial charge in [-0.05, 0) is 44.4 Å². The summed E-state index contributed by atoms with van der Waals surface area (Å²) in [6.07, 6.45) is 2.89. The third kappa shape index (κ3) is 2.64. The van der Waals surface area contributed by atoms with E-state index >= 15 is 0 Å². The Labute approximate surface area is 112 Å². The fourth-order valence-electron chi connectivity index (χ4n) is 2.00. The highest BCUT2D eigenvalue weighted by Gasteiger charge is 2.46. The first kappa shape index (κ1) is 13.3. The quantitative estimate of drug-likeness (QED) is 0.766. The van der Waals surface area contributed by atoms with Crippen LogP contribution in [0, 0.1) is 0 Å². The average molecular weight is 266 g/mol. The van der Waals surface area contributed by atoms with E-state index in [1.54, 1.807) is 18.9 Å². The molecule has 98 valence electrons. The average Bonchev–Trinajstić information content (AvgIpc) is 2.34. The molecule has 0 aromatic heterocycles. The summed E-state index contributed by atoms with van der Waals surface area (Å²) in [6.45, 7) is 2.29. The van der Waals surface area contributed by atoms with Gasteiger partial charge in [-0.25, -0.2) is 0 Å². The van der Waals surface area contributed by atoms with Crippen LogP contribution < -0.4 is 4.74 Å². The number of carbonyl (C=O) groups excluding carboxylic acids is 1. The van der Waals surface area contributed by atoms with Crippen molar-refractivity contribution in [2.24, 2.45) is 0 Å². The first-order valence-electron chi connectivity index (χ1n) is 6.20. The number of esters is 1. The number of benzene rings is 1. The van der Waals surface area contributed by atoms with Crippen LogP contribution in [0.1, 0.15) is 26.2 Å². The highest BCUT2D eigenvalue weighted by atomic mass is 32.2. The number of hydrogen-bond acceptors (Lipinski definition) is 4. The van der Waals surface area contributed by atoms with Crippen molar-refractivity contribution >= 4 is 17.7 Å². The molecule has 0 spiro atoms. The molecular weight excluding hydrogens is 248 g/mol. The van der Waals surface area contributed by atoms with Crippen molar-refractivity contribution in [2.45, 2.75) is 35.8 Å². The zero-order chi connectivity index (χ0) is 13.0. The van der Waals surface area contributed by atoms with Crippen LogP contribution in [0.5, 0.6) is 5.75 Å². The first-order valence-corrected chi connectivity index (χ1v) is 7.02. The van der Waals surface area contributed by atoms with E-state index in [-0.39, 0.29) is 10.7 Å². The molecule has 0 unspecified atom stereocenters. The number of rotatable bonds is 5. The van der Waals surface area contributed by atoms with Crippen LogP contribution in [0.2, 0.25) is 0 Å². The first-order chi connectivity index (χ1) is 8.70. The summed E-state index contributed by atoms with van der Waals surface area (Å²) in [5.41, 5.74) is 0. The molecule has 3 nitrogen and oxygen atoms in total. The summed E-state index contributed by atoms with van der Waals surface area (Å²) in [6, 6.07) is 7.82. The third-order valence-electron chi connectivity index (χ3n) is 3.16. The summed E-state index contributed by atoms with van der Waals surface area (Å²) < 4.78 is 10.0. The number of thioether (sulfide) groups is 1. The molecule has 1 aromatic rings. The lowest BCUT2D eigenvalue weighted by molar-refractivity contribution is -0.148. The summed E-state index contributed by atoms with van der Waals surface area (Å²) in [5, 5.41) is 0. The van der Waals surface area contributed by atoms with Gasteiger partial charge < -0.3 is 9.47 Å². The third-order valence-corrected chi connectivity index (χ3v) is 4.62. The van der Waals surface area contributed by atoms with E-state index in [0.29, 0.717) is 6.61 Å². The Morgan fingerprint density at radius 2 is 2.22 bits per heavy atom. The van der Waals surface area contributed by atoms with Crippen LogP contribution in [0.15, 0.2) is 29.2 Å². The highest BCUT2D eigenvalue weighted by molar-refractivity contribution is 8.01. The summed E-state index contributed by atoms with van der Waals surface area (Å²) in [5.74, 6) is 0.738. The van der Waals surface area contributed by atoms with E-state index in [1.165, 1.54) is 0 Å². The van der Waals surface area contributed by atoms with Gasteiger partial charge in [0, 0.05) is 4.90 Å². The van der Waals surface area contributed by atoms with Gasteiger partial charge in [-0.3, -0.25) is 4.79 Å². The fourth-order valence-corrected chi connectivity index (χ4v) is 3.41. The molecule has 1 aromatic carbocycles. The van der Waals surface area contributed by atoms with Crippen LogP contribution >= 0.6 is 11.8 Å². The van der Waals surface area contributed by atoms with Gasteiger partial charge in [-0.1, -0.05) is 6.07 Å². The maximum absolute atomic E-state index is 12.0. The van der Waals surface area contributed by atoms with Gasteiger partial charge in [0.05, 0.1) is 13.7 Å². The summed E-state index contributed by atoms with van der Waals surface area (Å²) in [4.78, 5) is 13.1. The topological polar surface area (TPSA) is 35.5 Å². The molecule has 0 amide bonds. The maximum Gasteiger partial charge on any atom is 0.322 e. The number of methoxy groups -OCH3 is 1. The van der Waals surface area contributed by atoms with Crippen molar-refractivity contribution in [1.82, 2.24) is 0 Å².